The predicted octanol–water partition coefficient (Wildman–Crippen LogP) is 2.14. The maximum Gasteiger partial charge on any atom is 0.259 e. The molecule has 0 bridgehead atoms. The van der Waals surface area contributed by atoms with Crippen LogP contribution in [0.5, 0.6) is 5.75 Å². The summed E-state index contributed by atoms with van der Waals surface area (Å²) in [4.78, 5) is 25.8. The van der Waals surface area contributed by atoms with E-state index in [1.807, 2.05) is 31.2 Å². The van der Waals surface area contributed by atoms with E-state index < -0.39 is 0 Å². The molecule has 6 nitrogen and oxygen atoms in total. The van der Waals surface area contributed by atoms with Crippen molar-refractivity contribution in [3.63, 3.8) is 0 Å². The monoisotopic (exact) mass is 383 g/mol. The molecule has 1 aliphatic rings. The Hall–Kier alpha value is -1.79. The van der Waals surface area contributed by atoms with Crippen molar-refractivity contribution in [1.29, 1.82) is 0 Å². The van der Waals surface area contributed by atoms with Crippen LogP contribution in [-0.4, -0.2) is 50.5 Å². The Morgan fingerprint density at radius 2 is 1.92 bits per heavy atom. The molecule has 26 heavy (non-hydrogen) atoms. The van der Waals surface area contributed by atoms with Crippen molar-refractivity contribution in [3.05, 3.63) is 29.8 Å². The minimum absolute atomic E-state index is 0. The molecule has 0 saturated carbocycles. The second kappa shape index (κ2) is 11.0. The van der Waals surface area contributed by atoms with Gasteiger partial charge in [-0.3, -0.25) is 9.59 Å². The fourth-order valence-corrected chi connectivity index (χ4v) is 2.94. The number of hydrogen-bond donors (Lipinski definition) is 2. The second-order valence-corrected chi connectivity index (χ2v) is 6.61. The van der Waals surface area contributed by atoms with Gasteiger partial charge in [-0.05, 0) is 38.4 Å². The summed E-state index contributed by atoms with van der Waals surface area (Å²) in [6.45, 7) is 3.81. The Kier molecular flexibility index (Phi) is 9.44. The number of hydrogen-bond acceptors (Lipinski definition) is 4. The highest BCUT2D eigenvalue weighted by atomic mass is 35.5. The number of benzene rings is 1. The van der Waals surface area contributed by atoms with Gasteiger partial charge in [0.1, 0.15) is 5.75 Å². The van der Waals surface area contributed by atoms with Crippen LogP contribution in [0.2, 0.25) is 0 Å². The van der Waals surface area contributed by atoms with E-state index in [2.05, 4.69) is 10.6 Å². The fourth-order valence-electron chi connectivity index (χ4n) is 2.94. The van der Waals surface area contributed by atoms with Gasteiger partial charge in [0.05, 0.1) is 6.04 Å². The first-order valence-electron chi connectivity index (χ1n) is 8.95. The van der Waals surface area contributed by atoms with Gasteiger partial charge in [0, 0.05) is 25.6 Å². The first kappa shape index (κ1) is 22.3. The zero-order chi connectivity index (χ0) is 18.2. The Labute approximate surface area is 162 Å². The number of rotatable bonds is 7. The molecule has 2 N–H and O–H groups in total. The topological polar surface area (TPSA) is 70.7 Å². The van der Waals surface area contributed by atoms with E-state index in [0.717, 1.165) is 37.9 Å². The van der Waals surface area contributed by atoms with E-state index in [1.54, 1.807) is 14.1 Å². The molecule has 1 fully saturated rings. The van der Waals surface area contributed by atoms with Crippen molar-refractivity contribution in [2.24, 2.45) is 5.92 Å². The summed E-state index contributed by atoms with van der Waals surface area (Å²) in [5.74, 6) is 0.725. The third kappa shape index (κ3) is 6.18. The average molecular weight is 384 g/mol. The Balaban J connectivity index is 0.00000338. The Bertz CT molecular complexity index is 589. The molecule has 1 aromatic rings. The molecular weight excluding hydrogens is 354 g/mol. The molecule has 0 aromatic heterocycles. The van der Waals surface area contributed by atoms with E-state index in [9.17, 15) is 9.59 Å². The number of nitrogens with one attached hydrogen (secondary N) is 2. The number of likely N-dealkylation sites (N-methyl/N-ethyl adjacent to an activating group) is 1. The highest BCUT2D eigenvalue weighted by molar-refractivity contribution is 5.85. The molecular formula is C19H30ClN3O3. The van der Waals surface area contributed by atoms with E-state index in [1.165, 1.54) is 4.90 Å². The van der Waals surface area contributed by atoms with Crippen LogP contribution in [0.4, 0.5) is 0 Å². The minimum atomic E-state index is -0.118. The average Bonchev–Trinajstić information content (AvgIpc) is 2.64. The molecule has 7 heteroatoms. The zero-order valence-corrected chi connectivity index (χ0v) is 16.6. The predicted molar refractivity (Wildman–Crippen MR) is 105 cm³/mol. The number of amides is 2. The van der Waals surface area contributed by atoms with Crippen LogP contribution in [0, 0.1) is 5.92 Å². The lowest BCUT2D eigenvalue weighted by Crippen LogP contribution is -2.39. The minimum Gasteiger partial charge on any atom is -0.483 e. The quantitative estimate of drug-likeness (QED) is 0.756. The zero-order valence-electron chi connectivity index (χ0n) is 15.8. The van der Waals surface area contributed by atoms with E-state index in [0.29, 0.717) is 5.75 Å². The molecule has 1 unspecified atom stereocenters. The number of carbonyl (C=O) groups excluding carboxylic acids is 2. The summed E-state index contributed by atoms with van der Waals surface area (Å²) in [6.07, 6.45) is 2.51. The van der Waals surface area contributed by atoms with Gasteiger partial charge < -0.3 is 20.3 Å². The lowest BCUT2D eigenvalue weighted by molar-refractivity contribution is -0.131. The molecule has 0 aliphatic carbocycles. The number of ether oxygens (including phenoxy) is 1. The molecule has 1 atom stereocenters. The number of halogens is 1. The molecule has 1 saturated heterocycles. The van der Waals surface area contributed by atoms with Gasteiger partial charge in [0.2, 0.25) is 5.91 Å². The lowest BCUT2D eigenvalue weighted by Gasteiger charge is -2.26. The van der Waals surface area contributed by atoms with Gasteiger partial charge in [0.15, 0.2) is 6.61 Å². The van der Waals surface area contributed by atoms with Crippen LogP contribution in [-0.2, 0) is 9.59 Å². The molecule has 0 radical (unpaired) electrons. The summed E-state index contributed by atoms with van der Waals surface area (Å²) in [5, 5.41) is 6.44. The molecule has 1 aliphatic heterocycles. The Morgan fingerprint density at radius 3 is 2.54 bits per heavy atom. The maximum atomic E-state index is 12.6. The van der Waals surface area contributed by atoms with Gasteiger partial charge in [-0.1, -0.05) is 25.1 Å². The summed E-state index contributed by atoms with van der Waals surface area (Å²) in [6, 6.07) is 7.48. The van der Waals surface area contributed by atoms with Crippen molar-refractivity contribution >= 4 is 24.2 Å². The van der Waals surface area contributed by atoms with Crippen LogP contribution in [0.3, 0.4) is 0 Å². The first-order valence-corrected chi connectivity index (χ1v) is 8.95. The smallest absolute Gasteiger partial charge is 0.259 e. The van der Waals surface area contributed by atoms with Gasteiger partial charge >= 0.3 is 0 Å². The van der Waals surface area contributed by atoms with Crippen LogP contribution >= 0.6 is 12.4 Å². The molecule has 1 aromatic carbocycles. The molecule has 2 amide bonds. The highest BCUT2D eigenvalue weighted by Gasteiger charge is 2.24. The molecule has 146 valence electrons. The van der Waals surface area contributed by atoms with Crippen molar-refractivity contribution < 1.29 is 14.3 Å². The second-order valence-electron chi connectivity index (χ2n) is 6.61. The largest absolute Gasteiger partial charge is 0.483 e. The maximum absolute atomic E-state index is 12.6. The van der Waals surface area contributed by atoms with E-state index in [4.69, 9.17) is 4.74 Å². The van der Waals surface area contributed by atoms with Crippen molar-refractivity contribution in [2.75, 3.05) is 33.8 Å². The van der Waals surface area contributed by atoms with Gasteiger partial charge in [-0.25, -0.2) is 0 Å². The van der Waals surface area contributed by atoms with Crippen molar-refractivity contribution in [3.8, 4) is 5.75 Å². The van der Waals surface area contributed by atoms with Crippen LogP contribution in [0.1, 0.15) is 37.8 Å². The number of nitrogens with zero attached hydrogens (tertiary/aromatic N) is 1. The van der Waals surface area contributed by atoms with E-state index in [-0.39, 0.29) is 42.8 Å². The Morgan fingerprint density at radius 1 is 1.27 bits per heavy atom. The summed E-state index contributed by atoms with van der Waals surface area (Å²) >= 11 is 0. The lowest BCUT2D eigenvalue weighted by atomic mass is 9.95. The molecule has 1 heterocycles. The standard InChI is InChI=1S/C19H29N3O3.ClH/c1-4-16(21-19(24)14-9-11-20-12-10-14)15-7-5-6-8-17(15)25-13-18(23)22(2)3;/h5-8,14,16,20H,4,9-13H2,1-3H3,(H,21,24);1H. The van der Waals surface area contributed by atoms with Gasteiger partial charge in [-0.2, -0.15) is 0 Å². The SMILES string of the molecule is CCC(NC(=O)C1CCNCC1)c1ccccc1OCC(=O)N(C)C.Cl. The molecule has 0 spiro atoms. The normalized spacial score (nSPS) is 15.5. The van der Waals surface area contributed by atoms with Crippen LogP contribution in [0.25, 0.3) is 0 Å². The van der Waals surface area contributed by atoms with Crippen LogP contribution < -0.4 is 15.4 Å². The van der Waals surface area contributed by atoms with Crippen LogP contribution in [0.15, 0.2) is 24.3 Å². The molecule has 2 rings (SSSR count). The number of carbonyl (C=O) groups is 2. The highest BCUT2D eigenvalue weighted by Crippen LogP contribution is 2.28. The third-order valence-corrected chi connectivity index (χ3v) is 4.58. The van der Waals surface area contributed by atoms with E-state index >= 15 is 0 Å². The number of piperidine rings is 1. The van der Waals surface area contributed by atoms with Crippen molar-refractivity contribution in [1.82, 2.24) is 15.5 Å². The van der Waals surface area contributed by atoms with Gasteiger partial charge in [-0.15, -0.1) is 12.4 Å². The summed E-state index contributed by atoms with van der Waals surface area (Å²) < 4.78 is 5.72. The van der Waals surface area contributed by atoms with Crippen molar-refractivity contribution in [2.45, 2.75) is 32.2 Å². The number of para-hydroxylation sites is 1. The fraction of sp³-hybridized carbons (Fsp3) is 0.579. The van der Waals surface area contributed by atoms with Gasteiger partial charge in [0.25, 0.3) is 5.91 Å². The summed E-state index contributed by atoms with van der Waals surface area (Å²) in [7, 11) is 3.40. The summed E-state index contributed by atoms with van der Waals surface area (Å²) in [5.41, 5.74) is 0.916. The first-order chi connectivity index (χ1) is 12.0. The third-order valence-electron chi connectivity index (χ3n) is 4.58.